The van der Waals surface area contributed by atoms with Crippen LogP contribution in [0.3, 0.4) is 0 Å². The fraction of sp³-hybridized carbons (Fsp3) is 0.655. The van der Waals surface area contributed by atoms with Gasteiger partial charge in [0.05, 0.1) is 0 Å². The van der Waals surface area contributed by atoms with Crippen molar-refractivity contribution in [2.75, 3.05) is 6.54 Å². The fourth-order valence-corrected chi connectivity index (χ4v) is 4.04. The van der Waals surface area contributed by atoms with Gasteiger partial charge in [-0.15, -0.1) is 0 Å². The molecule has 0 radical (unpaired) electrons. The van der Waals surface area contributed by atoms with Gasteiger partial charge in [-0.1, -0.05) is 44.0 Å². The number of nitrogens with two attached hydrogens (primary N) is 1. The Balaban J connectivity index is 3.69. The normalized spacial score (nSPS) is 13.3. The van der Waals surface area contributed by atoms with Crippen LogP contribution in [0.2, 0.25) is 0 Å². The second-order valence-corrected chi connectivity index (χ2v) is 11.5. The number of benzene rings is 1. The largest absolute Gasteiger partial charge is 0.444 e. The molecule has 0 aliphatic carbocycles. The molecule has 9 nitrogen and oxygen atoms in total. The minimum Gasteiger partial charge on any atom is -0.444 e. The Morgan fingerprint density at radius 1 is 1.05 bits per heavy atom. The van der Waals surface area contributed by atoms with Crippen molar-refractivity contribution in [2.24, 2.45) is 5.73 Å². The standard InChI is InChI=1S/C29H48N4O5/c1-10-12-17-31-25(35)24(21-18-19(3)13-14-20(21)4)33(29(8,9)11-2)26(36)22(15-16-23(30)34)32-27(37)38-28(5,6)7/h13-14,18,22,24H,10-12,15-17H2,1-9H3,(H2,30,34)(H,31,35)(H,32,37). The number of rotatable bonds is 13. The lowest BCUT2D eigenvalue weighted by Crippen LogP contribution is -2.59. The average molecular weight is 533 g/mol. The van der Waals surface area contributed by atoms with E-state index in [4.69, 9.17) is 10.5 Å². The van der Waals surface area contributed by atoms with Crippen LogP contribution in [0.15, 0.2) is 18.2 Å². The molecule has 1 rings (SSSR count). The smallest absolute Gasteiger partial charge is 0.408 e. The number of nitrogens with one attached hydrogen (secondary N) is 2. The Bertz CT molecular complexity index is 984. The highest BCUT2D eigenvalue weighted by molar-refractivity contribution is 5.93. The van der Waals surface area contributed by atoms with Gasteiger partial charge in [0.1, 0.15) is 17.7 Å². The van der Waals surface area contributed by atoms with E-state index >= 15 is 0 Å². The molecule has 2 atom stereocenters. The topological polar surface area (TPSA) is 131 Å². The monoisotopic (exact) mass is 532 g/mol. The molecule has 0 saturated carbocycles. The summed E-state index contributed by atoms with van der Waals surface area (Å²) in [5.74, 6) is -1.38. The summed E-state index contributed by atoms with van der Waals surface area (Å²) in [7, 11) is 0. The second kappa shape index (κ2) is 14.2. The van der Waals surface area contributed by atoms with Crippen molar-refractivity contribution in [1.29, 1.82) is 0 Å². The highest BCUT2D eigenvalue weighted by Crippen LogP contribution is 2.34. The first-order valence-corrected chi connectivity index (χ1v) is 13.5. The molecule has 0 heterocycles. The molecule has 0 aliphatic rings. The van der Waals surface area contributed by atoms with Gasteiger partial charge < -0.3 is 26.0 Å². The molecular formula is C29H48N4O5. The van der Waals surface area contributed by atoms with E-state index in [-0.39, 0.29) is 18.7 Å². The molecule has 0 saturated heterocycles. The summed E-state index contributed by atoms with van der Waals surface area (Å²) in [6.45, 7) is 17.2. The summed E-state index contributed by atoms with van der Waals surface area (Å²) in [6.07, 6.45) is 1.32. The van der Waals surface area contributed by atoms with E-state index in [2.05, 4.69) is 10.6 Å². The first-order valence-electron chi connectivity index (χ1n) is 13.5. The Hall–Kier alpha value is -3.10. The maximum atomic E-state index is 14.3. The average Bonchev–Trinajstić information content (AvgIpc) is 2.80. The van der Waals surface area contributed by atoms with E-state index in [1.165, 1.54) is 0 Å². The number of amides is 4. The van der Waals surface area contributed by atoms with Crippen LogP contribution >= 0.6 is 0 Å². The molecule has 0 aliphatic heterocycles. The van der Waals surface area contributed by atoms with E-state index in [9.17, 15) is 19.2 Å². The zero-order valence-electron chi connectivity index (χ0n) is 24.7. The number of primary amides is 1. The molecule has 4 N–H and O–H groups in total. The van der Waals surface area contributed by atoms with Crippen LogP contribution < -0.4 is 16.4 Å². The van der Waals surface area contributed by atoms with E-state index in [1.807, 2.05) is 59.7 Å². The van der Waals surface area contributed by atoms with Crippen LogP contribution in [0.5, 0.6) is 0 Å². The predicted molar refractivity (Wildman–Crippen MR) is 149 cm³/mol. The van der Waals surface area contributed by atoms with Crippen molar-refractivity contribution >= 4 is 23.8 Å². The lowest BCUT2D eigenvalue weighted by Gasteiger charge is -2.45. The summed E-state index contributed by atoms with van der Waals surface area (Å²) in [4.78, 5) is 54.0. The highest BCUT2D eigenvalue weighted by atomic mass is 16.6. The van der Waals surface area contributed by atoms with Gasteiger partial charge in [-0.05, 0) is 78.9 Å². The Morgan fingerprint density at radius 2 is 1.68 bits per heavy atom. The second-order valence-electron chi connectivity index (χ2n) is 11.5. The van der Waals surface area contributed by atoms with Crippen molar-refractivity contribution in [3.8, 4) is 0 Å². The number of carbonyl (C=O) groups excluding carboxylic acids is 4. The van der Waals surface area contributed by atoms with E-state index in [1.54, 1.807) is 25.7 Å². The van der Waals surface area contributed by atoms with E-state index in [0.29, 0.717) is 18.5 Å². The Labute approximate surface area is 228 Å². The molecule has 0 bridgehead atoms. The van der Waals surface area contributed by atoms with Crippen LogP contribution in [0, 0.1) is 13.8 Å². The number of hydrogen-bond acceptors (Lipinski definition) is 5. The predicted octanol–water partition coefficient (Wildman–Crippen LogP) is 4.44. The molecule has 0 spiro atoms. The third-order valence-electron chi connectivity index (χ3n) is 6.49. The van der Waals surface area contributed by atoms with Gasteiger partial charge in [0.25, 0.3) is 0 Å². The van der Waals surface area contributed by atoms with Crippen molar-refractivity contribution in [3.63, 3.8) is 0 Å². The van der Waals surface area contributed by atoms with E-state index < -0.39 is 41.1 Å². The maximum Gasteiger partial charge on any atom is 0.408 e. The van der Waals surface area contributed by atoms with Gasteiger partial charge in [0.15, 0.2) is 0 Å². The Kier molecular flexibility index (Phi) is 12.3. The van der Waals surface area contributed by atoms with Gasteiger partial charge in [-0.2, -0.15) is 0 Å². The molecule has 214 valence electrons. The quantitative estimate of drug-likeness (QED) is 0.323. The summed E-state index contributed by atoms with van der Waals surface area (Å²) in [5, 5.41) is 5.64. The first kappa shape index (κ1) is 32.9. The molecule has 1 aromatic rings. The van der Waals surface area contributed by atoms with Crippen LogP contribution in [0.25, 0.3) is 0 Å². The molecule has 38 heavy (non-hydrogen) atoms. The van der Waals surface area contributed by atoms with Crippen LogP contribution in [-0.2, 0) is 19.1 Å². The van der Waals surface area contributed by atoms with Crippen molar-refractivity contribution in [2.45, 2.75) is 118 Å². The number of nitrogens with zero attached hydrogens (tertiary/aromatic N) is 1. The summed E-state index contributed by atoms with van der Waals surface area (Å²) in [6, 6.07) is 3.74. The van der Waals surface area contributed by atoms with Crippen molar-refractivity contribution in [1.82, 2.24) is 15.5 Å². The van der Waals surface area contributed by atoms with Gasteiger partial charge >= 0.3 is 6.09 Å². The first-order chi connectivity index (χ1) is 17.5. The molecular weight excluding hydrogens is 484 g/mol. The summed E-state index contributed by atoms with van der Waals surface area (Å²) in [5.41, 5.74) is 6.36. The third kappa shape index (κ3) is 9.99. The SMILES string of the molecule is CCCCNC(=O)C(c1cc(C)ccc1C)N(C(=O)C(CCC(N)=O)NC(=O)OC(C)(C)C)C(C)(C)CC. The zero-order chi connectivity index (χ0) is 29.3. The lowest BCUT2D eigenvalue weighted by atomic mass is 9.89. The number of hydrogen-bond donors (Lipinski definition) is 3. The fourth-order valence-electron chi connectivity index (χ4n) is 4.04. The van der Waals surface area contributed by atoms with E-state index in [0.717, 1.165) is 24.0 Å². The summed E-state index contributed by atoms with van der Waals surface area (Å²) < 4.78 is 5.39. The molecule has 1 aromatic carbocycles. The minimum absolute atomic E-state index is 0.0271. The number of alkyl carbamates (subject to hydrolysis) is 1. The van der Waals surface area contributed by atoms with Crippen molar-refractivity contribution < 1.29 is 23.9 Å². The maximum absolute atomic E-state index is 14.3. The number of ether oxygens (including phenoxy) is 1. The van der Waals surface area contributed by atoms with Crippen molar-refractivity contribution in [3.05, 3.63) is 34.9 Å². The zero-order valence-corrected chi connectivity index (χ0v) is 24.7. The number of carbonyl (C=O) groups is 4. The van der Waals surface area contributed by atoms with Crippen LogP contribution in [0.4, 0.5) is 4.79 Å². The Morgan fingerprint density at radius 3 is 2.21 bits per heavy atom. The van der Waals surface area contributed by atoms with Gasteiger partial charge in [0.2, 0.25) is 17.7 Å². The van der Waals surface area contributed by atoms with Gasteiger partial charge in [0, 0.05) is 18.5 Å². The molecule has 4 amide bonds. The molecule has 9 heteroatoms. The molecule has 0 fully saturated rings. The minimum atomic E-state index is -1.13. The summed E-state index contributed by atoms with van der Waals surface area (Å²) >= 11 is 0. The molecule has 2 unspecified atom stereocenters. The number of unbranched alkanes of at least 4 members (excludes halogenated alkanes) is 1. The molecule has 0 aromatic heterocycles. The number of aryl methyl sites for hydroxylation is 2. The van der Waals surface area contributed by atoms with Crippen LogP contribution in [0.1, 0.15) is 103 Å². The third-order valence-corrected chi connectivity index (χ3v) is 6.49. The highest BCUT2D eigenvalue weighted by Gasteiger charge is 2.43. The van der Waals surface area contributed by atoms with Gasteiger partial charge in [-0.25, -0.2) is 4.79 Å². The van der Waals surface area contributed by atoms with Gasteiger partial charge in [-0.3, -0.25) is 14.4 Å². The lowest BCUT2D eigenvalue weighted by molar-refractivity contribution is -0.149. The van der Waals surface area contributed by atoms with Crippen LogP contribution in [-0.4, -0.2) is 52.4 Å².